The third-order valence-electron chi connectivity index (χ3n) is 12.4. The van der Waals surface area contributed by atoms with Crippen molar-refractivity contribution >= 4 is 75.1 Å². The van der Waals surface area contributed by atoms with E-state index in [0.29, 0.717) is 5.95 Å². The Labute approximate surface area is 366 Å². The molecule has 0 atom stereocenters. The molecule has 0 fully saturated rings. The molecule has 0 aliphatic rings. The number of para-hydroxylation sites is 2. The van der Waals surface area contributed by atoms with E-state index in [4.69, 9.17) is 15.0 Å². The number of benzene rings is 8. The minimum atomic E-state index is 0.643. The lowest BCUT2D eigenvalue weighted by molar-refractivity contribution is 0.995. The quantitative estimate of drug-likeness (QED) is 0.168. The predicted molar refractivity (Wildman–Crippen MR) is 263 cm³/mol. The van der Waals surface area contributed by atoms with E-state index in [-0.39, 0.29) is 0 Å². The maximum atomic E-state index is 5.23. The van der Waals surface area contributed by atoms with E-state index < -0.39 is 0 Å². The Morgan fingerprint density at radius 1 is 0.317 bits per heavy atom. The van der Waals surface area contributed by atoms with Gasteiger partial charge in [-0.2, -0.15) is 0 Å². The lowest BCUT2D eigenvalue weighted by atomic mass is 10.0. The second kappa shape index (κ2) is 14.2. The van der Waals surface area contributed by atoms with Crippen LogP contribution in [0, 0.1) is 0 Å². The number of aromatic nitrogens is 5. The fourth-order valence-corrected chi connectivity index (χ4v) is 10.5. The van der Waals surface area contributed by atoms with Crippen molar-refractivity contribution in [3.05, 3.63) is 212 Å². The average Bonchev–Trinajstić information content (AvgIpc) is 4.01. The molecule has 0 saturated heterocycles. The van der Waals surface area contributed by atoms with E-state index in [9.17, 15) is 0 Å². The molecule has 13 rings (SSSR count). The first kappa shape index (κ1) is 35.6. The van der Waals surface area contributed by atoms with E-state index in [1.165, 1.54) is 42.0 Å². The Kier molecular flexibility index (Phi) is 8.01. The van der Waals surface area contributed by atoms with Gasteiger partial charge in [0.05, 0.1) is 43.8 Å². The highest BCUT2D eigenvalue weighted by Gasteiger charge is 2.19. The van der Waals surface area contributed by atoms with Crippen LogP contribution >= 0.6 is 11.3 Å². The molecule has 0 unspecified atom stereocenters. The van der Waals surface area contributed by atoms with Crippen LogP contribution in [0.1, 0.15) is 0 Å². The van der Waals surface area contributed by atoms with Crippen molar-refractivity contribution < 1.29 is 0 Å². The summed E-state index contributed by atoms with van der Waals surface area (Å²) in [7, 11) is 0. The summed E-state index contributed by atoms with van der Waals surface area (Å²) in [5, 5.41) is 7.28. The van der Waals surface area contributed by atoms with Gasteiger partial charge in [0.15, 0.2) is 0 Å². The van der Waals surface area contributed by atoms with Crippen molar-refractivity contribution in [2.75, 3.05) is 0 Å². The van der Waals surface area contributed by atoms with E-state index in [1.54, 1.807) is 11.3 Å². The van der Waals surface area contributed by atoms with Crippen LogP contribution in [0.2, 0.25) is 0 Å². The first-order valence-corrected chi connectivity index (χ1v) is 22.0. The van der Waals surface area contributed by atoms with Crippen LogP contribution in [-0.4, -0.2) is 24.1 Å². The molecule has 0 radical (unpaired) electrons. The van der Waals surface area contributed by atoms with Gasteiger partial charge >= 0.3 is 0 Å². The van der Waals surface area contributed by atoms with E-state index in [0.717, 1.165) is 72.4 Å². The largest absolute Gasteiger partial charge is 0.309 e. The predicted octanol–water partition coefficient (Wildman–Crippen LogP) is 15.1. The van der Waals surface area contributed by atoms with Gasteiger partial charge in [0, 0.05) is 65.6 Å². The van der Waals surface area contributed by atoms with Gasteiger partial charge in [-0.15, -0.1) is 11.3 Å². The van der Waals surface area contributed by atoms with E-state index in [1.807, 2.05) is 18.3 Å². The zero-order chi connectivity index (χ0) is 41.4. The van der Waals surface area contributed by atoms with Crippen molar-refractivity contribution in [3.8, 4) is 56.5 Å². The summed E-state index contributed by atoms with van der Waals surface area (Å²) in [6, 6.07) is 73.5. The number of pyridine rings is 1. The number of rotatable bonds is 6. The summed E-state index contributed by atoms with van der Waals surface area (Å²) < 4.78 is 7.10. The SMILES string of the molecule is c1ccc(-c2cc(-c3ccccc3)nc(-n3c4ccccc4c4cc(-c5ccc6c(c5)c5ccccc5n6-c5ccc(-c6cc7c(cn6)sc6ccccc67)cc5)ccc43)n2)cc1. The Bertz CT molecular complexity index is 3840. The molecule has 0 saturated carbocycles. The summed E-state index contributed by atoms with van der Waals surface area (Å²) in [5.41, 5.74) is 13.8. The molecule has 0 aliphatic heterocycles. The first-order valence-electron chi connectivity index (χ1n) is 21.2. The maximum absolute atomic E-state index is 5.23. The molecule has 6 heteroatoms. The minimum Gasteiger partial charge on any atom is -0.309 e. The number of thiophene rings is 1. The van der Waals surface area contributed by atoms with Gasteiger partial charge in [-0.05, 0) is 77.9 Å². The fraction of sp³-hybridized carbons (Fsp3) is 0. The van der Waals surface area contributed by atoms with Gasteiger partial charge in [0.2, 0.25) is 5.95 Å². The summed E-state index contributed by atoms with van der Waals surface area (Å²) >= 11 is 1.80. The van der Waals surface area contributed by atoms with Crippen molar-refractivity contribution in [3.63, 3.8) is 0 Å². The van der Waals surface area contributed by atoms with Crippen LogP contribution in [-0.2, 0) is 0 Å². The first-order chi connectivity index (χ1) is 31.2. The number of fused-ring (bicyclic) bond motifs is 9. The summed E-state index contributed by atoms with van der Waals surface area (Å²) in [6.07, 6.45) is 2.02. The molecular weight excluding hydrogens is 787 g/mol. The van der Waals surface area contributed by atoms with Gasteiger partial charge < -0.3 is 4.57 Å². The standard InChI is InChI=1S/C57H35N5S/c1-3-13-36(14-4-1)49-34-50(37-15-5-2-6-16-37)60-57(59-49)62-52-21-11-8-18-43(52)46-32-40(26-30-54(46)62)39-25-29-53-45(31-39)42-17-7-10-20-51(42)61(53)41-27-23-38(24-28-41)48-33-47-44-19-9-12-22-55(44)63-56(47)35-58-48/h1-35H. The zero-order valence-corrected chi connectivity index (χ0v) is 34.7. The molecule has 0 amide bonds. The monoisotopic (exact) mass is 821 g/mol. The van der Waals surface area contributed by atoms with Crippen LogP contribution in [0.3, 0.4) is 0 Å². The maximum Gasteiger partial charge on any atom is 0.235 e. The molecule has 63 heavy (non-hydrogen) atoms. The van der Waals surface area contributed by atoms with Crippen LogP contribution in [0.25, 0.3) is 120 Å². The second-order valence-corrected chi connectivity index (χ2v) is 17.1. The number of nitrogens with zero attached hydrogens (tertiary/aromatic N) is 5. The zero-order valence-electron chi connectivity index (χ0n) is 33.9. The van der Waals surface area contributed by atoms with Crippen molar-refractivity contribution in [2.45, 2.75) is 0 Å². The van der Waals surface area contributed by atoms with Gasteiger partial charge in [-0.1, -0.05) is 140 Å². The molecule has 0 bridgehead atoms. The molecule has 5 aromatic heterocycles. The van der Waals surface area contributed by atoms with Gasteiger partial charge in [-0.3, -0.25) is 9.55 Å². The topological polar surface area (TPSA) is 48.5 Å². The normalized spacial score (nSPS) is 11.8. The number of hydrogen-bond acceptors (Lipinski definition) is 4. The van der Waals surface area contributed by atoms with Gasteiger partial charge in [0.1, 0.15) is 0 Å². The fourth-order valence-electron chi connectivity index (χ4n) is 9.42. The summed E-state index contributed by atoms with van der Waals surface area (Å²) in [5.74, 6) is 0.643. The van der Waals surface area contributed by atoms with Gasteiger partial charge in [-0.25, -0.2) is 9.97 Å². The highest BCUT2D eigenvalue weighted by Crippen LogP contribution is 2.40. The smallest absolute Gasteiger partial charge is 0.235 e. The second-order valence-electron chi connectivity index (χ2n) is 16.1. The summed E-state index contributed by atoms with van der Waals surface area (Å²) in [6.45, 7) is 0. The Morgan fingerprint density at radius 2 is 0.810 bits per heavy atom. The number of hydrogen-bond donors (Lipinski definition) is 0. The third kappa shape index (κ3) is 5.80. The average molecular weight is 822 g/mol. The Balaban J connectivity index is 0.915. The van der Waals surface area contributed by atoms with E-state index in [2.05, 4.69) is 203 Å². The van der Waals surface area contributed by atoms with Crippen LogP contribution < -0.4 is 0 Å². The lowest BCUT2D eigenvalue weighted by Gasteiger charge is -2.12. The molecule has 5 heterocycles. The molecule has 8 aromatic carbocycles. The molecule has 0 spiro atoms. The van der Waals surface area contributed by atoms with E-state index >= 15 is 0 Å². The minimum absolute atomic E-state index is 0.643. The molecule has 5 nitrogen and oxygen atoms in total. The summed E-state index contributed by atoms with van der Waals surface area (Å²) in [4.78, 5) is 15.3. The molecular formula is C57H35N5S. The van der Waals surface area contributed by atoms with Crippen LogP contribution in [0.4, 0.5) is 0 Å². The van der Waals surface area contributed by atoms with Crippen LogP contribution in [0.5, 0.6) is 0 Å². The molecule has 294 valence electrons. The molecule has 13 aromatic rings. The molecule has 0 N–H and O–H groups in total. The van der Waals surface area contributed by atoms with Crippen LogP contribution in [0.15, 0.2) is 212 Å². The van der Waals surface area contributed by atoms with Crippen molar-refractivity contribution in [1.29, 1.82) is 0 Å². The van der Waals surface area contributed by atoms with Crippen molar-refractivity contribution in [1.82, 2.24) is 24.1 Å². The molecule has 0 aliphatic carbocycles. The van der Waals surface area contributed by atoms with Gasteiger partial charge in [0.25, 0.3) is 0 Å². The highest BCUT2D eigenvalue weighted by molar-refractivity contribution is 7.25. The third-order valence-corrected chi connectivity index (χ3v) is 13.5. The Hall–Kier alpha value is -8.19. The lowest BCUT2D eigenvalue weighted by Crippen LogP contribution is -2.03. The highest BCUT2D eigenvalue weighted by atomic mass is 32.1. The Morgan fingerprint density at radius 3 is 1.44 bits per heavy atom. The van der Waals surface area contributed by atoms with Crippen molar-refractivity contribution in [2.24, 2.45) is 0 Å².